The standard InChI is InChI=1S/C9H15O2S/c10-12(11,9-6-7-9)8-4-2-1-3-5-8/h2,8-9H,1,3-7H2. The molecule has 2 nitrogen and oxygen atoms in total. The van der Waals surface area contributed by atoms with E-state index in [0.717, 1.165) is 38.5 Å². The van der Waals surface area contributed by atoms with Crippen LogP contribution in [0.1, 0.15) is 38.5 Å². The van der Waals surface area contributed by atoms with Crippen LogP contribution in [0.3, 0.4) is 0 Å². The van der Waals surface area contributed by atoms with Gasteiger partial charge in [0.1, 0.15) is 0 Å². The molecule has 2 rings (SSSR count). The van der Waals surface area contributed by atoms with Crippen molar-refractivity contribution in [2.24, 2.45) is 0 Å². The maximum atomic E-state index is 11.7. The SMILES string of the molecule is O=S(=O)(C1C[CH]CCC1)C1CC1. The van der Waals surface area contributed by atoms with E-state index in [-0.39, 0.29) is 10.5 Å². The molecule has 2 aliphatic carbocycles. The van der Waals surface area contributed by atoms with Crippen molar-refractivity contribution in [2.45, 2.75) is 49.0 Å². The average Bonchev–Trinajstić information content (AvgIpc) is 2.88. The smallest absolute Gasteiger partial charge is 0.156 e. The zero-order valence-corrected chi connectivity index (χ0v) is 8.02. The predicted molar refractivity (Wildman–Crippen MR) is 48.5 cm³/mol. The molecule has 0 heterocycles. The van der Waals surface area contributed by atoms with Gasteiger partial charge in [-0.3, -0.25) is 0 Å². The van der Waals surface area contributed by atoms with Crippen molar-refractivity contribution in [3.05, 3.63) is 6.42 Å². The molecule has 0 aromatic rings. The molecule has 1 unspecified atom stereocenters. The summed E-state index contributed by atoms with van der Waals surface area (Å²) in [4.78, 5) is 0. The third-order valence-corrected chi connectivity index (χ3v) is 5.58. The van der Waals surface area contributed by atoms with E-state index >= 15 is 0 Å². The van der Waals surface area contributed by atoms with E-state index in [1.807, 2.05) is 0 Å². The van der Waals surface area contributed by atoms with Crippen LogP contribution in [0.5, 0.6) is 0 Å². The summed E-state index contributed by atoms with van der Waals surface area (Å²) < 4.78 is 23.5. The topological polar surface area (TPSA) is 34.1 Å². The average molecular weight is 187 g/mol. The normalized spacial score (nSPS) is 27.3. The summed E-state index contributed by atoms with van der Waals surface area (Å²) in [5.41, 5.74) is 0. The fraction of sp³-hybridized carbons (Fsp3) is 0.889. The van der Waals surface area contributed by atoms with Crippen LogP contribution in [0.25, 0.3) is 0 Å². The molecule has 2 fully saturated rings. The zero-order chi connectivity index (χ0) is 8.60. The highest BCUT2D eigenvalue weighted by molar-refractivity contribution is 7.92. The van der Waals surface area contributed by atoms with Crippen LogP contribution < -0.4 is 0 Å². The first kappa shape index (κ1) is 8.54. The zero-order valence-electron chi connectivity index (χ0n) is 7.20. The Labute approximate surface area is 74.3 Å². The monoisotopic (exact) mass is 187 g/mol. The van der Waals surface area contributed by atoms with E-state index in [9.17, 15) is 8.42 Å². The molecule has 0 aromatic heterocycles. The van der Waals surface area contributed by atoms with Crippen molar-refractivity contribution in [3.63, 3.8) is 0 Å². The molecular weight excluding hydrogens is 172 g/mol. The van der Waals surface area contributed by atoms with Gasteiger partial charge in [0.2, 0.25) is 0 Å². The van der Waals surface area contributed by atoms with Crippen LogP contribution in [0.4, 0.5) is 0 Å². The Kier molecular flexibility index (Phi) is 2.15. The lowest BCUT2D eigenvalue weighted by Gasteiger charge is -2.21. The van der Waals surface area contributed by atoms with Gasteiger partial charge in [-0.1, -0.05) is 12.8 Å². The summed E-state index contributed by atoms with van der Waals surface area (Å²) in [5, 5.41) is 0.00718. The number of hydrogen-bond acceptors (Lipinski definition) is 2. The Hall–Kier alpha value is -0.0500. The Bertz CT molecular complexity index is 246. The van der Waals surface area contributed by atoms with Crippen molar-refractivity contribution in [2.75, 3.05) is 0 Å². The molecule has 1 radical (unpaired) electrons. The molecule has 0 aliphatic heterocycles. The van der Waals surface area contributed by atoms with Gasteiger partial charge in [0.05, 0.1) is 10.5 Å². The molecule has 3 heteroatoms. The van der Waals surface area contributed by atoms with Crippen LogP contribution in [0.15, 0.2) is 0 Å². The van der Waals surface area contributed by atoms with Crippen LogP contribution >= 0.6 is 0 Å². The Morgan fingerprint density at radius 2 is 1.83 bits per heavy atom. The molecule has 1 atom stereocenters. The first-order chi connectivity index (χ1) is 5.71. The van der Waals surface area contributed by atoms with Crippen molar-refractivity contribution in [1.29, 1.82) is 0 Å². The van der Waals surface area contributed by atoms with Crippen LogP contribution in [-0.2, 0) is 9.84 Å². The molecular formula is C9H15O2S. The molecule has 2 aliphatic rings. The van der Waals surface area contributed by atoms with Crippen LogP contribution in [0.2, 0.25) is 0 Å². The van der Waals surface area contributed by atoms with Gasteiger partial charge < -0.3 is 0 Å². The summed E-state index contributed by atoms with van der Waals surface area (Å²) in [6.45, 7) is 0. The van der Waals surface area contributed by atoms with Crippen molar-refractivity contribution >= 4 is 9.84 Å². The lowest BCUT2D eigenvalue weighted by atomic mass is 10.0. The minimum absolute atomic E-state index is 0.0289. The van der Waals surface area contributed by atoms with Gasteiger partial charge in [-0.15, -0.1) is 0 Å². The molecule has 0 amide bonds. The number of hydrogen-bond donors (Lipinski definition) is 0. The second-order valence-corrected chi connectivity index (χ2v) is 6.38. The molecule has 0 N–H and O–H groups in total. The summed E-state index contributed by atoms with van der Waals surface area (Å²) in [6, 6.07) is 0. The minimum Gasteiger partial charge on any atom is -0.228 e. The Morgan fingerprint density at radius 3 is 2.33 bits per heavy atom. The molecule has 69 valence electrons. The summed E-state index contributed by atoms with van der Waals surface area (Å²) in [5.74, 6) is 0. The molecule has 0 bridgehead atoms. The highest BCUT2D eigenvalue weighted by Crippen LogP contribution is 2.35. The van der Waals surface area contributed by atoms with E-state index in [4.69, 9.17) is 0 Å². The lowest BCUT2D eigenvalue weighted by Crippen LogP contribution is -2.27. The quantitative estimate of drug-likeness (QED) is 0.659. The van der Waals surface area contributed by atoms with E-state index in [0.29, 0.717) is 0 Å². The van der Waals surface area contributed by atoms with Crippen LogP contribution in [0, 0.1) is 6.42 Å². The first-order valence-corrected chi connectivity index (χ1v) is 6.36. The second kappa shape index (κ2) is 3.02. The van der Waals surface area contributed by atoms with Crippen molar-refractivity contribution in [3.8, 4) is 0 Å². The molecule has 0 aromatic carbocycles. The van der Waals surface area contributed by atoms with Gasteiger partial charge in [0.25, 0.3) is 0 Å². The van der Waals surface area contributed by atoms with E-state index in [1.165, 1.54) is 0 Å². The van der Waals surface area contributed by atoms with Crippen molar-refractivity contribution < 1.29 is 8.42 Å². The van der Waals surface area contributed by atoms with Gasteiger partial charge in [-0.25, -0.2) is 8.42 Å². The Balaban J connectivity index is 2.05. The van der Waals surface area contributed by atoms with E-state index in [2.05, 4.69) is 6.42 Å². The second-order valence-electron chi connectivity index (χ2n) is 3.87. The Morgan fingerprint density at radius 1 is 1.08 bits per heavy atom. The van der Waals surface area contributed by atoms with E-state index in [1.54, 1.807) is 0 Å². The fourth-order valence-corrected chi connectivity index (χ4v) is 4.12. The van der Waals surface area contributed by atoms with Gasteiger partial charge in [0.15, 0.2) is 9.84 Å². The van der Waals surface area contributed by atoms with Gasteiger partial charge in [-0.2, -0.15) is 0 Å². The first-order valence-electron chi connectivity index (χ1n) is 4.75. The van der Waals surface area contributed by atoms with Gasteiger partial charge in [-0.05, 0) is 32.1 Å². The summed E-state index contributed by atoms with van der Waals surface area (Å²) in [6.07, 6.45) is 7.84. The third kappa shape index (κ3) is 1.51. The third-order valence-electron chi connectivity index (χ3n) is 2.82. The van der Waals surface area contributed by atoms with Crippen molar-refractivity contribution in [1.82, 2.24) is 0 Å². The molecule has 0 saturated heterocycles. The molecule has 12 heavy (non-hydrogen) atoms. The number of rotatable bonds is 2. The molecule has 0 spiro atoms. The highest BCUT2D eigenvalue weighted by atomic mass is 32.2. The minimum atomic E-state index is -2.72. The highest BCUT2D eigenvalue weighted by Gasteiger charge is 2.41. The maximum Gasteiger partial charge on any atom is 0.156 e. The largest absolute Gasteiger partial charge is 0.228 e. The lowest BCUT2D eigenvalue weighted by molar-refractivity contribution is 0.535. The molecule has 2 saturated carbocycles. The summed E-state index contributed by atoms with van der Waals surface area (Å²) >= 11 is 0. The predicted octanol–water partition coefficient (Wildman–Crippen LogP) is 1.71. The fourth-order valence-electron chi connectivity index (χ4n) is 1.88. The maximum absolute atomic E-state index is 11.7. The van der Waals surface area contributed by atoms with Gasteiger partial charge in [0, 0.05) is 0 Å². The van der Waals surface area contributed by atoms with Gasteiger partial charge >= 0.3 is 0 Å². The van der Waals surface area contributed by atoms with E-state index < -0.39 is 9.84 Å². The number of sulfone groups is 1. The summed E-state index contributed by atoms with van der Waals surface area (Å²) in [7, 11) is -2.72. The van der Waals surface area contributed by atoms with Crippen LogP contribution in [-0.4, -0.2) is 18.9 Å².